The zero-order chi connectivity index (χ0) is 14.1. The number of imide groups is 1. The molecule has 102 valence electrons. The molecule has 1 aromatic carbocycles. The van der Waals surface area contributed by atoms with E-state index in [1.807, 2.05) is 24.3 Å². The Kier molecular flexibility index (Phi) is 3.29. The van der Waals surface area contributed by atoms with Crippen molar-refractivity contribution in [3.63, 3.8) is 0 Å². The summed E-state index contributed by atoms with van der Waals surface area (Å²) in [6.07, 6.45) is 0. The van der Waals surface area contributed by atoms with Crippen LogP contribution in [-0.4, -0.2) is 44.1 Å². The fourth-order valence-corrected chi connectivity index (χ4v) is 1.96. The quantitative estimate of drug-likeness (QED) is 0.547. The van der Waals surface area contributed by atoms with Crippen LogP contribution in [0.3, 0.4) is 0 Å². The van der Waals surface area contributed by atoms with Crippen LogP contribution < -0.4 is 5.66 Å². The number of para-hydroxylation sites is 1. The van der Waals surface area contributed by atoms with Crippen molar-refractivity contribution in [3.8, 4) is 0 Å². The highest BCUT2D eigenvalue weighted by atomic mass is 16.6. The van der Waals surface area contributed by atoms with Gasteiger partial charge in [-0.05, 0) is 12.1 Å². The van der Waals surface area contributed by atoms with E-state index in [9.17, 15) is 9.59 Å². The summed E-state index contributed by atoms with van der Waals surface area (Å²) < 4.78 is 16.4. The second kappa shape index (κ2) is 5.11. The first kappa shape index (κ1) is 12.9. The third-order valence-electron chi connectivity index (χ3n) is 3.14. The SMILES string of the molecule is CN1C(=O)COB(c2cc3ccccc3o2)OCC1=O. The van der Waals surface area contributed by atoms with Gasteiger partial charge in [-0.2, -0.15) is 0 Å². The molecule has 0 aliphatic carbocycles. The molecule has 0 spiro atoms. The van der Waals surface area contributed by atoms with Crippen LogP contribution in [0.1, 0.15) is 0 Å². The maximum Gasteiger partial charge on any atom is 0.532 e. The smallest absolute Gasteiger partial charge is 0.465 e. The molecular weight excluding hydrogens is 261 g/mol. The van der Waals surface area contributed by atoms with Crippen LogP contribution in [0.2, 0.25) is 0 Å². The third-order valence-corrected chi connectivity index (χ3v) is 3.14. The molecule has 7 heteroatoms. The molecule has 1 aliphatic heterocycles. The zero-order valence-electron chi connectivity index (χ0n) is 10.9. The lowest BCUT2D eigenvalue weighted by Gasteiger charge is -2.21. The first-order valence-corrected chi connectivity index (χ1v) is 6.16. The van der Waals surface area contributed by atoms with Gasteiger partial charge in [0.05, 0.1) is 0 Å². The number of amides is 2. The van der Waals surface area contributed by atoms with E-state index in [0.29, 0.717) is 11.2 Å². The zero-order valence-corrected chi connectivity index (χ0v) is 10.9. The van der Waals surface area contributed by atoms with E-state index in [4.69, 9.17) is 13.7 Å². The first-order chi connectivity index (χ1) is 9.65. The highest BCUT2D eigenvalue weighted by Gasteiger charge is 2.32. The van der Waals surface area contributed by atoms with Crippen LogP contribution >= 0.6 is 0 Å². The Morgan fingerprint density at radius 1 is 1.10 bits per heavy atom. The summed E-state index contributed by atoms with van der Waals surface area (Å²) in [7, 11) is 0.544. The van der Waals surface area contributed by atoms with Gasteiger partial charge >= 0.3 is 7.12 Å². The normalized spacial score (nSPS) is 17.4. The molecule has 6 nitrogen and oxygen atoms in total. The van der Waals surface area contributed by atoms with E-state index >= 15 is 0 Å². The van der Waals surface area contributed by atoms with Crippen LogP contribution in [0.15, 0.2) is 34.7 Å². The largest absolute Gasteiger partial charge is 0.532 e. The molecule has 0 atom stereocenters. The van der Waals surface area contributed by atoms with Gasteiger partial charge in [-0.15, -0.1) is 0 Å². The molecule has 3 rings (SSSR count). The summed E-state index contributed by atoms with van der Waals surface area (Å²) in [5.74, 6) is -0.807. The number of carbonyl (C=O) groups excluding carboxylic acids is 2. The van der Waals surface area contributed by atoms with E-state index < -0.39 is 18.9 Å². The minimum atomic E-state index is -0.857. The van der Waals surface area contributed by atoms with Gasteiger partial charge in [0.15, 0.2) is 0 Å². The minimum absolute atomic E-state index is 0.232. The number of furan rings is 1. The number of hydrogen-bond donors (Lipinski definition) is 0. The van der Waals surface area contributed by atoms with Gasteiger partial charge in [-0.3, -0.25) is 14.5 Å². The monoisotopic (exact) mass is 273 g/mol. The van der Waals surface area contributed by atoms with Gasteiger partial charge in [-0.1, -0.05) is 18.2 Å². The molecule has 1 fully saturated rings. The highest BCUT2D eigenvalue weighted by molar-refractivity contribution is 6.60. The standard InChI is InChI=1S/C13H12BNO5/c1-15-12(16)7-18-14(19-8-13(15)17)11-6-9-4-2-3-5-10(9)20-11/h2-6H,7-8H2,1H3. The van der Waals surface area contributed by atoms with Gasteiger partial charge < -0.3 is 13.7 Å². The van der Waals surface area contributed by atoms with Gasteiger partial charge in [0.25, 0.3) is 11.8 Å². The van der Waals surface area contributed by atoms with E-state index in [-0.39, 0.29) is 13.2 Å². The van der Waals surface area contributed by atoms with Crippen LogP contribution in [0, 0.1) is 0 Å². The van der Waals surface area contributed by atoms with Crippen molar-refractivity contribution >= 4 is 35.6 Å². The van der Waals surface area contributed by atoms with Crippen LogP contribution in [0.5, 0.6) is 0 Å². The maximum atomic E-state index is 11.6. The van der Waals surface area contributed by atoms with E-state index in [0.717, 1.165) is 10.3 Å². The third kappa shape index (κ3) is 2.33. The van der Waals surface area contributed by atoms with Crippen molar-refractivity contribution in [2.75, 3.05) is 20.3 Å². The highest BCUT2D eigenvalue weighted by Crippen LogP contribution is 2.14. The number of hydrogen-bond acceptors (Lipinski definition) is 5. The van der Waals surface area contributed by atoms with E-state index in [1.54, 1.807) is 6.07 Å². The Bertz CT molecular complexity index is 615. The predicted octanol–water partition coefficient (Wildman–Crippen LogP) is 0.160. The van der Waals surface area contributed by atoms with Crippen molar-refractivity contribution in [2.24, 2.45) is 0 Å². The van der Waals surface area contributed by atoms with Crippen molar-refractivity contribution in [3.05, 3.63) is 30.3 Å². The molecule has 1 saturated heterocycles. The lowest BCUT2D eigenvalue weighted by atomic mass is 9.85. The number of likely N-dealkylation sites (N-methyl/N-ethyl adjacent to an activating group) is 1. The molecule has 0 saturated carbocycles. The molecule has 2 heterocycles. The predicted molar refractivity (Wildman–Crippen MR) is 71.3 cm³/mol. The molecule has 20 heavy (non-hydrogen) atoms. The summed E-state index contributed by atoms with van der Waals surface area (Å²) in [4.78, 5) is 24.2. The molecular formula is C13H12BNO5. The number of carbonyl (C=O) groups is 2. The lowest BCUT2D eigenvalue weighted by molar-refractivity contribution is -0.147. The first-order valence-electron chi connectivity index (χ1n) is 6.16. The lowest BCUT2D eigenvalue weighted by Crippen LogP contribution is -2.48. The summed E-state index contributed by atoms with van der Waals surface area (Å²) in [6, 6.07) is 9.25. The molecule has 0 N–H and O–H groups in total. The Morgan fingerprint density at radius 3 is 2.40 bits per heavy atom. The van der Waals surface area contributed by atoms with Gasteiger partial charge in [0.1, 0.15) is 24.5 Å². The molecule has 2 amide bonds. The van der Waals surface area contributed by atoms with Gasteiger partial charge in [0.2, 0.25) is 0 Å². The maximum absolute atomic E-state index is 11.6. The molecule has 0 radical (unpaired) electrons. The molecule has 0 bridgehead atoms. The number of rotatable bonds is 1. The summed E-state index contributed by atoms with van der Waals surface area (Å²) in [5.41, 5.74) is 1.14. The minimum Gasteiger partial charge on any atom is -0.465 e. The number of fused-ring (bicyclic) bond motifs is 1. The topological polar surface area (TPSA) is 69.0 Å². The summed E-state index contributed by atoms with van der Waals surface area (Å²) in [5, 5.41) is 0.909. The Labute approximate surface area is 115 Å². The Hall–Kier alpha value is -2.12. The van der Waals surface area contributed by atoms with E-state index in [2.05, 4.69) is 0 Å². The average molecular weight is 273 g/mol. The van der Waals surface area contributed by atoms with Crippen LogP contribution in [0.4, 0.5) is 0 Å². The van der Waals surface area contributed by atoms with Crippen molar-refractivity contribution in [1.82, 2.24) is 4.90 Å². The van der Waals surface area contributed by atoms with Gasteiger partial charge in [-0.25, -0.2) is 0 Å². The second-order valence-electron chi connectivity index (χ2n) is 4.49. The van der Waals surface area contributed by atoms with Gasteiger partial charge in [0, 0.05) is 12.4 Å². The fourth-order valence-electron chi connectivity index (χ4n) is 1.96. The van der Waals surface area contributed by atoms with Crippen LogP contribution in [-0.2, 0) is 18.9 Å². The summed E-state index contributed by atoms with van der Waals surface area (Å²) in [6.45, 7) is -0.464. The number of nitrogens with zero attached hydrogens (tertiary/aromatic N) is 1. The molecule has 1 aliphatic rings. The molecule has 0 unspecified atom stereocenters. The average Bonchev–Trinajstić information content (AvgIpc) is 2.88. The second-order valence-corrected chi connectivity index (χ2v) is 4.49. The molecule has 2 aromatic rings. The van der Waals surface area contributed by atoms with Crippen molar-refractivity contribution in [1.29, 1.82) is 0 Å². The number of benzene rings is 1. The van der Waals surface area contributed by atoms with Crippen LogP contribution in [0.25, 0.3) is 11.0 Å². The molecule has 1 aromatic heterocycles. The summed E-state index contributed by atoms with van der Waals surface area (Å²) >= 11 is 0. The Balaban J connectivity index is 1.85. The van der Waals surface area contributed by atoms with E-state index in [1.165, 1.54) is 7.05 Å². The van der Waals surface area contributed by atoms with Crippen molar-refractivity contribution < 1.29 is 23.3 Å². The Morgan fingerprint density at radius 2 is 1.75 bits per heavy atom. The fraction of sp³-hybridized carbons (Fsp3) is 0.231. The van der Waals surface area contributed by atoms with Crippen molar-refractivity contribution in [2.45, 2.75) is 0 Å².